The minimum Gasteiger partial charge on any atom is -0.468 e. The van der Waals surface area contributed by atoms with Gasteiger partial charge in [-0.3, -0.25) is 9.69 Å². The number of carbonyl (C=O) groups is 1. The molecule has 3 heteroatoms. The van der Waals surface area contributed by atoms with Crippen LogP contribution in [0.25, 0.3) is 0 Å². The highest BCUT2D eigenvalue weighted by atomic mass is 16.5. The van der Waals surface area contributed by atoms with Gasteiger partial charge in [-0.1, -0.05) is 29.8 Å². The molecule has 0 amide bonds. The first-order chi connectivity index (χ1) is 8.20. The number of ether oxygens (including phenoxy) is 1. The Morgan fingerprint density at radius 2 is 2.12 bits per heavy atom. The molecule has 0 aromatic heterocycles. The summed E-state index contributed by atoms with van der Waals surface area (Å²) >= 11 is 0. The fourth-order valence-corrected chi connectivity index (χ4v) is 2.35. The average molecular weight is 233 g/mol. The smallest absolute Gasteiger partial charge is 0.323 e. The molecule has 1 heterocycles. The van der Waals surface area contributed by atoms with Crippen LogP contribution in [0.1, 0.15) is 24.0 Å². The van der Waals surface area contributed by atoms with Gasteiger partial charge < -0.3 is 4.74 Å². The van der Waals surface area contributed by atoms with Crippen LogP contribution in [-0.2, 0) is 16.1 Å². The fourth-order valence-electron chi connectivity index (χ4n) is 2.35. The maximum Gasteiger partial charge on any atom is 0.323 e. The molecule has 0 saturated carbocycles. The third kappa shape index (κ3) is 2.86. The Kier molecular flexibility index (Phi) is 3.79. The van der Waals surface area contributed by atoms with Gasteiger partial charge in [0.05, 0.1) is 7.11 Å². The van der Waals surface area contributed by atoms with Crippen LogP contribution in [0, 0.1) is 6.92 Å². The predicted octanol–water partition coefficient (Wildman–Crippen LogP) is 2.13. The quantitative estimate of drug-likeness (QED) is 0.749. The van der Waals surface area contributed by atoms with Gasteiger partial charge in [-0.25, -0.2) is 0 Å². The van der Waals surface area contributed by atoms with Crippen LogP contribution in [0.4, 0.5) is 0 Å². The summed E-state index contributed by atoms with van der Waals surface area (Å²) in [5, 5.41) is 0. The van der Waals surface area contributed by atoms with E-state index in [9.17, 15) is 4.79 Å². The van der Waals surface area contributed by atoms with E-state index in [2.05, 4.69) is 36.1 Å². The summed E-state index contributed by atoms with van der Waals surface area (Å²) in [4.78, 5) is 13.8. The number of likely N-dealkylation sites (tertiary alicyclic amines) is 1. The van der Waals surface area contributed by atoms with Crippen molar-refractivity contribution in [3.63, 3.8) is 0 Å². The zero-order valence-electron chi connectivity index (χ0n) is 10.5. The van der Waals surface area contributed by atoms with Crippen LogP contribution in [0.5, 0.6) is 0 Å². The minimum atomic E-state index is -0.102. The van der Waals surface area contributed by atoms with Crippen molar-refractivity contribution in [2.24, 2.45) is 0 Å². The molecule has 1 saturated heterocycles. The molecule has 92 valence electrons. The lowest BCUT2D eigenvalue weighted by atomic mass is 10.1. The number of aryl methyl sites for hydroxylation is 1. The number of esters is 1. The monoisotopic (exact) mass is 233 g/mol. The zero-order chi connectivity index (χ0) is 12.3. The van der Waals surface area contributed by atoms with Gasteiger partial charge in [-0.15, -0.1) is 0 Å². The molecule has 0 bridgehead atoms. The van der Waals surface area contributed by atoms with Gasteiger partial charge in [0.15, 0.2) is 0 Å². The third-order valence-corrected chi connectivity index (χ3v) is 3.34. The fraction of sp³-hybridized carbons (Fsp3) is 0.500. The van der Waals surface area contributed by atoms with Crippen LogP contribution >= 0.6 is 0 Å². The molecular formula is C14H19NO2. The summed E-state index contributed by atoms with van der Waals surface area (Å²) < 4.78 is 4.84. The molecule has 1 aromatic carbocycles. The van der Waals surface area contributed by atoms with E-state index in [0.717, 1.165) is 25.9 Å². The molecule has 1 aromatic rings. The minimum absolute atomic E-state index is 0.0543. The Hall–Kier alpha value is -1.35. The lowest BCUT2D eigenvalue weighted by molar-refractivity contribution is -0.146. The second kappa shape index (κ2) is 5.32. The van der Waals surface area contributed by atoms with E-state index in [1.54, 1.807) is 0 Å². The molecule has 0 N–H and O–H groups in total. The number of methoxy groups -OCH3 is 1. The Labute approximate surface area is 102 Å². The number of hydrogen-bond donors (Lipinski definition) is 0. The van der Waals surface area contributed by atoms with E-state index in [0.29, 0.717) is 0 Å². The highest BCUT2D eigenvalue weighted by Crippen LogP contribution is 2.21. The normalized spacial score (nSPS) is 20.5. The molecule has 1 aliphatic heterocycles. The van der Waals surface area contributed by atoms with Crippen molar-refractivity contribution >= 4 is 5.97 Å². The molecular weight excluding hydrogens is 214 g/mol. The van der Waals surface area contributed by atoms with Crippen molar-refractivity contribution in [1.82, 2.24) is 4.90 Å². The SMILES string of the molecule is COC(=O)[C@@H]1CCCN1Cc1ccc(C)cc1. The summed E-state index contributed by atoms with van der Waals surface area (Å²) in [6, 6.07) is 8.42. The second-order valence-electron chi connectivity index (χ2n) is 4.64. The van der Waals surface area contributed by atoms with Crippen LogP contribution in [0.2, 0.25) is 0 Å². The molecule has 0 spiro atoms. The van der Waals surface area contributed by atoms with E-state index in [1.807, 2.05) is 0 Å². The molecule has 1 fully saturated rings. The Bertz CT molecular complexity index is 386. The van der Waals surface area contributed by atoms with Gasteiger partial charge in [-0.05, 0) is 31.9 Å². The van der Waals surface area contributed by atoms with Crippen molar-refractivity contribution in [3.05, 3.63) is 35.4 Å². The first-order valence-corrected chi connectivity index (χ1v) is 6.08. The first kappa shape index (κ1) is 12.1. The highest BCUT2D eigenvalue weighted by molar-refractivity contribution is 5.75. The van der Waals surface area contributed by atoms with Gasteiger partial charge >= 0.3 is 5.97 Å². The van der Waals surface area contributed by atoms with Crippen LogP contribution in [0.15, 0.2) is 24.3 Å². The average Bonchev–Trinajstić information content (AvgIpc) is 2.79. The van der Waals surface area contributed by atoms with Crippen LogP contribution in [0.3, 0.4) is 0 Å². The number of nitrogens with zero attached hydrogens (tertiary/aromatic N) is 1. The molecule has 3 nitrogen and oxygen atoms in total. The standard InChI is InChI=1S/C14H19NO2/c1-11-5-7-12(8-6-11)10-15-9-3-4-13(15)14(16)17-2/h5-8,13H,3-4,9-10H2,1-2H3/t13-/m0/s1. The Morgan fingerprint density at radius 1 is 1.41 bits per heavy atom. The number of benzene rings is 1. The summed E-state index contributed by atoms with van der Waals surface area (Å²) in [5.74, 6) is -0.102. The summed E-state index contributed by atoms with van der Waals surface area (Å²) in [6.07, 6.45) is 1.99. The van der Waals surface area contributed by atoms with E-state index in [1.165, 1.54) is 18.2 Å². The number of carbonyl (C=O) groups excluding carboxylic acids is 1. The van der Waals surface area contributed by atoms with Crippen molar-refractivity contribution in [2.45, 2.75) is 32.4 Å². The van der Waals surface area contributed by atoms with Gasteiger partial charge in [0.2, 0.25) is 0 Å². The lowest BCUT2D eigenvalue weighted by Gasteiger charge is -2.22. The number of rotatable bonds is 3. The Balaban J connectivity index is 2.02. The van der Waals surface area contributed by atoms with Crippen molar-refractivity contribution < 1.29 is 9.53 Å². The van der Waals surface area contributed by atoms with Gasteiger partial charge in [0.25, 0.3) is 0 Å². The van der Waals surface area contributed by atoms with Crippen molar-refractivity contribution in [3.8, 4) is 0 Å². The summed E-state index contributed by atoms with van der Waals surface area (Å²) in [7, 11) is 1.46. The first-order valence-electron chi connectivity index (χ1n) is 6.08. The maximum absolute atomic E-state index is 11.6. The number of hydrogen-bond acceptors (Lipinski definition) is 3. The van der Waals surface area contributed by atoms with E-state index < -0.39 is 0 Å². The Morgan fingerprint density at radius 3 is 2.76 bits per heavy atom. The maximum atomic E-state index is 11.6. The molecule has 0 aliphatic carbocycles. The zero-order valence-corrected chi connectivity index (χ0v) is 10.5. The lowest BCUT2D eigenvalue weighted by Crippen LogP contribution is -2.36. The van der Waals surface area contributed by atoms with E-state index in [4.69, 9.17) is 4.74 Å². The molecule has 0 unspecified atom stereocenters. The van der Waals surface area contributed by atoms with Gasteiger partial charge in [0.1, 0.15) is 6.04 Å². The summed E-state index contributed by atoms with van der Waals surface area (Å²) in [6.45, 7) is 3.89. The third-order valence-electron chi connectivity index (χ3n) is 3.34. The molecule has 1 aliphatic rings. The van der Waals surface area contributed by atoms with Crippen LogP contribution < -0.4 is 0 Å². The second-order valence-corrected chi connectivity index (χ2v) is 4.64. The largest absolute Gasteiger partial charge is 0.468 e. The van der Waals surface area contributed by atoms with E-state index in [-0.39, 0.29) is 12.0 Å². The van der Waals surface area contributed by atoms with Crippen LogP contribution in [-0.4, -0.2) is 30.6 Å². The molecule has 2 rings (SSSR count). The highest BCUT2D eigenvalue weighted by Gasteiger charge is 2.31. The molecule has 0 radical (unpaired) electrons. The topological polar surface area (TPSA) is 29.5 Å². The predicted molar refractivity (Wildman–Crippen MR) is 66.6 cm³/mol. The van der Waals surface area contributed by atoms with Gasteiger partial charge in [-0.2, -0.15) is 0 Å². The van der Waals surface area contributed by atoms with Gasteiger partial charge in [0, 0.05) is 6.54 Å². The van der Waals surface area contributed by atoms with Crippen molar-refractivity contribution in [1.29, 1.82) is 0 Å². The molecule has 1 atom stereocenters. The van der Waals surface area contributed by atoms with E-state index >= 15 is 0 Å². The summed E-state index contributed by atoms with van der Waals surface area (Å²) in [5.41, 5.74) is 2.52. The van der Waals surface area contributed by atoms with Crippen molar-refractivity contribution in [2.75, 3.05) is 13.7 Å². The molecule has 17 heavy (non-hydrogen) atoms.